The molecule has 1 aromatic carbocycles. The molecular formula is C20H18ClFN4O2. The lowest BCUT2D eigenvalue weighted by Gasteiger charge is -2.08. The highest BCUT2D eigenvalue weighted by Crippen LogP contribution is 2.24. The molecule has 0 fully saturated rings. The fraction of sp³-hybridized carbons (Fsp3) is 0.150. The largest absolute Gasteiger partial charge is 0.453 e. The number of rotatable bonds is 6. The lowest BCUT2D eigenvalue weighted by Crippen LogP contribution is -2.20. The van der Waals surface area contributed by atoms with Crippen LogP contribution in [-0.2, 0) is 18.4 Å². The van der Waals surface area contributed by atoms with E-state index >= 15 is 0 Å². The zero-order valence-electron chi connectivity index (χ0n) is 15.3. The molecule has 0 spiro atoms. The van der Waals surface area contributed by atoms with Gasteiger partial charge >= 0.3 is 0 Å². The molecule has 0 aliphatic carbocycles. The van der Waals surface area contributed by atoms with Gasteiger partial charge in [-0.1, -0.05) is 17.7 Å². The Morgan fingerprint density at radius 2 is 2.21 bits per heavy atom. The molecule has 0 unspecified atom stereocenters. The number of nitrogens with zero attached hydrogens (tertiary/aromatic N) is 3. The molecule has 28 heavy (non-hydrogen) atoms. The summed E-state index contributed by atoms with van der Waals surface area (Å²) >= 11 is 6.12. The Morgan fingerprint density at radius 3 is 2.86 bits per heavy atom. The second-order valence-electron chi connectivity index (χ2n) is 6.02. The number of nitrogens with one attached hydrogen (secondary N) is 1. The van der Waals surface area contributed by atoms with Gasteiger partial charge in [0, 0.05) is 31.4 Å². The van der Waals surface area contributed by atoms with Crippen LogP contribution in [0.2, 0.25) is 5.15 Å². The molecule has 8 heteroatoms. The number of carbonyl (C=O) groups excluding carboxylic acids is 1. The van der Waals surface area contributed by atoms with E-state index in [1.54, 1.807) is 44.4 Å². The Morgan fingerprint density at radius 1 is 1.39 bits per heavy atom. The molecule has 0 bridgehead atoms. The third-order valence-electron chi connectivity index (χ3n) is 3.92. The topological polar surface area (TPSA) is 69.0 Å². The van der Waals surface area contributed by atoms with Crippen molar-refractivity contribution in [1.29, 1.82) is 0 Å². The molecule has 0 saturated heterocycles. The van der Waals surface area contributed by atoms with E-state index in [0.717, 1.165) is 5.69 Å². The lowest BCUT2D eigenvalue weighted by molar-refractivity contribution is -0.116. The summed E-state index contributed by atoms with van der Waals surface area (Å²) in [6.07, 6.45) is 6.07. The number of ether oxygens (including phenoxy) is 1. The van der Waals surface area contributed by atoms with E-state index < -0.39 is 5.82 Å². The summed E-state index contributed by atoms with van der Waals surface area (Å²) < 4.78 is 21.2. The van der Waals surface area contributed by atoms with Crippen molar-refractivity contribution in [3.8, 4) is 11.5 Å². The number of aromatic nitrogens is 3. The Kier molecular flexibility index (Phi) is 6.06. The monoisotopic (exact) mass is 400 g/mol. The highest BCUT2D eigenvalue weighted by molar-refractivity contribution is 6.31. The van der Waals surface area contributed by atoms with Gasteiger partial charge in [0.2, 0.25) is 5.91 Å². The molecule has 3 aromatic rings. The summed E-state index contributed by atoms with van der Waals surface area (Å²) in [5.41, 5.74) is 2.01. The molecule has 1 amide bonds. The lowest BCUT2D eigenvalue weighted by atomic mass is 10.2. The summed E-state index contributed by atoms with van der Waals surface area (Å²) in [6, 6.07) is 7.89. The van der Waals surface area contributed by atoms with Crippen LogP contribution in [0.15, 0.2) is 48.8 Å². The van der Waals surface area contributed by atoms with Crippen molar-refractivity contribution in [3.63, 3.8) is 0 Å². The quantitative estimate of drug-likeness (QED) is 0.634. The number of carbonyl (C=O) groups is 1. The average molecular weight is 401 g/mol. The molecule has 0 saturated carbocycles. The van der Waals surface area contributed by atoms with Crippen LogP contribution in [0.25, 0.3) is 6.08 Å². The van der Waals surface area contributed by atoms with Crippen LogP contribution in [-0.4, -0.2) is 20.7 Å². The molecular weight excluding hydrogens is 383 g/mol. The van der Waals surface area contributed by atoms with E-state index in [1.165, 1.54) is 29.1 Å². The highest BCUT2D eigenvalue weighted by Gasteiger charge is 2.09. The van der Waals surface area contributed by atoms with Crippen LogP contribution in [0.4, 0.5) is 4.39 Å². The van der Waals surface area contributed by atoms with Crippen LogP contribution in [0, 0.1) is 12.7 Å². The van der Waals surface area contributed by atoms with Gasteiger partial charge < -0.3 is 10.1 Å². The zero-order chi connectivity index (χ0) is 20.1. The second kappa shape index (κ2) is 8.67. The molecule has 6 nitrogen and oxygen atoms in total. The van der Waals surface area contributed by atoms with Crippen molar-refractivity contribution < 1.29 is 13.9 Å². The number of amides is 1. The number of aryl methyl sites for hydroxylation is 2. The molecule has 3 rings (SSSR count). The number of benzene rings is 1. The molecule has 1 N–H and O–H groups in total. The molecule has 144 valence electrons. The maximum Gasteiger partial charge on any atom is 0.244 e. The summed E-state index contributed by atoms with van der Waals surface area (Å²) in [4.78, 5) is 15.9. The Bertz CT molecular complexity index is 1020. The fourth-order valence-electron chi connectivity index (χ4n) is 2.51. The minimum atomic E-state index is -0.524. The maximum absolute atomic E-state index is 14.2. The standard InChI is InChI=1S/C20H18ClFN4O2/c1-13-16(20(21)26(2)25-13)6-8-19(27)24-11-14-5-7-18(17(22)10-14)28-15-4-3-9-23-12-15/h3-10,12H,11H2,1-2H3,(H,24,27)/b8-6+. The average Bonchev–Trinajstić information content (AvgIpc) is 2.93. The highest BCUT2D eigenvalue weighted by atomic mass is 35.5. The van der Waals surface area contributed by atoms with E-state index in [1.807, 2.05) is 0 Å². The van der Waals surface area contributed by atoms with Gasteiger partial charge in [0.1, 0.15) is 10.9 Å². The summed E-state index contributed by atoms with van der Waals surface area (Å²) in [6.45, 7) is 1.98. The van der Waals surface area contributed by atoms with E-state index in [2.05, 4.69) is 15.4 Å². The Hall–Kier alpha value is -3.19. The first-order chi connectivity index (χ1) is 13.4. The number of hydrogen-bond donors (Lipinski definition) is 1. The van der Waals surface area contributed by atoms with Crippen LogP contribution in [0.1, 0.15) is 16.8 Å². The zero-order valence-corrected chi connectivity index (χ0v) is 16.1. The van der Waals surface area contributed by atoms with Crippen molar-refractivity contribution in [2.45, 2.75) is 13.5 Å². The van der Waals surface area contributed by atoms with Crippen LogP contribution >= 0.6 is 11.6 Å². The smallest absolute Gasteiger partial charge is 0.244 e. The normalized spacial score (nSPS) is 11.0. The Labute approximate surface area is 166 Å². The van der Waals surface area contributed by atoms with E-state index in [9.17, 15) is 9.18 Å². The molecule has 2 aromatic heterocycles. The van der Waals surface area contributed by atoms with Crippen molar-refractivity contribution in [2.24, 2.45) is 7.05 Å². The number of halogens is 2. The predicted molar refractivity (Wildman–Crippen MR) is 105 cm³/mol. The minimum Gasteiger partial charge on any atom is -0.453 e. The van der Waals surface area contributed by atoms with Crippen molar-refractivity contribution in [3.05, 3.63) is 76.6 Å². The number of pyridine rings is 1. The van der Waals surface area contributed by atoms with Gasteiger partial charge in [0.25, 0.3) is 0 Å². The molecule has 0 aliphatic heterocycles. The fourth-order valence-corrected chi connectivity index (χ4v) is 2.75. The molecule has 0 atom stereocenters. The molecule has 2 heterocycles. The molecule has 0 aliphatic rings. The van der Waals surface area contributed by atoms with Crippen molar-refractivity contribution in [1.82, 2.24) is 20.1 Å². The van der Waals surface area contributed by atoms with E-state index in [4.69, 9.17) is 16.3 Å². The minimum absolute atomic E-state index is 0.0877. The van der Waals surface area contributed by atoms with Gasteiger partial charge in [-0.05, 0) is 42.8 Å². The van der Waals surface area contributed by atoms with Crippen LogP contribution in [0.5, 0.6) is 11.5 Å². The number of hydrogen-bond acceptors (Lipinski definition) is 4. The molecule has 0 radical (unpaired) electrons. The van der Waals surface area contributed by atoms with Gasteiger partial charge in [-0.25, -0.2) is 4.39 Å². The summed E-state index contributed by atoms with van der Waals surface area (Å²) in [5, 5.41) is 7.32. The van der Waals surface area contributed by atoms with Gasteiger partial charge in [-0.3, -0.25) is 14.5 Å². The SMILES string of the molecule is Cc1nn(C)c(Cl)c1/C=C/C(=O)NCc1ccc(Oc2cccnc2)c(F)c1. The van der Waals surface area contributed by atoms with Gasteiger partial charge in [-0.15, -0.1) is 0 Å². The first-order valence-electron chi connectivity index (χ1n) is 8.45. The second-order valence-corrected chi connectivity index (χ2v) is 6.38. The third kappa shape index (κ3) is 4.75. The van der Waals surface area contributed by atoms with Crippen molar-refractivity contribution >= 4 is 23.6 Å². The van der Waals surface area contributed by atoms with Crippen molar-refractivity contribution in [2.75, 3.05) is 0 Å². The van der Waals surface area contributed by atoms with Gasteiger partial charge in [0.05, 0.1) is 11.9 Å². The maximum atomic E-state index is 14.2. The van der Waals surface area contributed by atoms with Crippen LogP contribution in [0.3, 0.4) is 0 Å². The van der Waals surface area contributed by atoms with Crippen LogP contribution < -0.4 is 10.1 Å². The van der Waals surface area contributed by atoms with Gasteiger partial charge in [-0.2, -0.15) is 5.10 Å². The van der Waals surface area contributed by atoms with E-state index in [0.29, 0.717) is 22.0 Å². The third-order valence-corrected chi connectivity index (χ3v) is 4.37. The Balaban J connectivity index is 1.59. The van der Waals surface area contributed by atoms with E-state index in [-0.39, 0.29) is 18.2 Å². The predicted octanol–water partition coefficient (Wildman–Crippen LogP) is 4.04. The first-order valence-corrected chi connectivity index (χ1v) is 8.83. The first kappa shape index (κ1) is 19.6. The summed E-state index contributed by atoms with van der Waals surface area (Å²) in [5.74, 6) is -0.319. The summed E-state index contributed by atoms with van der Waals surface area (Å²) in [7, 11) is 1.73. The van der Waals surface area contributed by atoms with Gasteiger partial charge in [0.15, 0.2) is 11.6 Å².